The van der Waals surface area contributed by atoms with Gasteiger partial charge in [0.05, 0.1) is 6.61 Å². The van der Waals surface area contributed by atoms with Crippen LogP contribution in [-0.4, -0.2) is 35.0 Å². The summed E-state index contributed by atoms with van der Waals surface area (Å²) in [5.41, 5.74) is 0. The molecule has 6 heteroatoms. The van der Waals surface area contributed by atoms with E-state index in [1.165, 1.54) is 11.9 Å². The van der Waals surface area contributed by atoms with Crippen LogP contribution >= 0.6 is 24.2 Å². The van der Waals surface area contributed by atoms with Crippen LogP contribution in [0.1, 0.15) is 6.92 Å². The first-order valence-electron chi connectivity index (χ1n) is 3.52. The Morgan fingerprint density at radius 1 is 1.92 bits per heavy atom. The van der Waals surface area contributed by atoms with Crippen LogP contribution in [0.3, 0.4) is 0 Å². The molecule has 68 valence electrons. The van der Waals surface area contributed by atoms with E-state index in [1.54, 1.807) is 18.9 Å². The molecular weight excluding hydrogens is 196 g/mol. The summed E-state index contributed by atoms with van der Waals surface area (Å²) in [4.78, 5) is 12.9. The molecule has 0 bridgehead atoms. The van der Waals surface area contributed by atoms with Crippen LogP contribution in [0.15, 0.2) is 0 Å². The highest BCUT2D eigenvalue weighted by Gasteiger charge is 2.32. The smallest absolute Gasteiger partial charge is 0.344 e. The van der Waals surface area contributed by atoms with Gasteiger partial charge in [-0.2, -0.15) is 0 Å². The minimum Gasteiger partial charge on any atom is -0.463 e. The third-order valence-electron chi connectivity index (χ3n) is 1.44. The molecule has 12 heavy (non-hydrogen) atoms. The van der Waals surface area contributed by atoms with E-state index in [9.17, 15) is 4.79 Å². The summed E-state index contributed by atoms with van der Waals surface area (Å²) < 4.78 is 8.36. The molecule has 1 N–H and O–H groups in total. The fourth-order valence-corrected chi connectivity index (χ4v) is 1.76. The maximum atomic E-state index is 11.2. The van der Waals surface area contributed by atoms with Crippen molar-refractivity contribution in [3.05, 3.63) is 0 Å². The van der Waals surface area contributed by atoms with E-state index in [0.717, 1.165) is 0 Å². The van der Waals surface area contributed by atoms with Gasteiger partial charge >= 0.3 is 5.97 Å². The molecule has 1 aliphatic rings. The maximum Gasteiger partial charge on any atom is 0.344 e. The van der Waals surface area contributed by atoms with E-state index >= 15 is 0 Å². The number of nitrogens with one attached hydrogen (secondary N) is 1. The fraction of sp³-hybridized carbons (Fsp3) is 0.667. The van der Waals surface area contributed by atoms with Gasteiger partial charge in [0.2, 0.25) is 0 Å². The van der Waals surface area contributed by atoms with Crippen molar-refractivity contribution in [3.63, 3.8) is 0 Å². The molecule has 1 heterocycles. The lowest BCUT2D eigenvalue weighted by atomic mass is 10.5. The molecule has 0 radical (unpaired) electrons. The van der Waals surface area contributed by atoms with Crippen LogP contribution in [0.2, 0.25) is 0 Å². The predicted octanol–water partition coefficient (Wildman–Crippen LogP) is 0.344. The highest BCUT2D eigenvalue weighted by atomic mass is 32.2. The molecule has 1 saturated heterocycles. The van der Waals surface area contributed by atoms with E-state index < -0.39 is 6.17 Å². The van der Waals surface area contributed by atoms with E-state index in [1.807, 2.05) is 0 Å². The Labute approximate surface area is 80.8 Å². The highest BCUT2D eigenvalue weighted by molar-refractivity contribution is 8.22. The summed E-state index contributed by atoms with van der Waals surface area (Å²) in [7, 11) is 1.76. The number of hydrogen-bond donors (Lipinski definition) is 1. The number of likely N-dealkylation sites (N-methyl/N-ethyl adjacent to an activating group) is 1. The zero-order valence-corrected chi connectivity index (χ0v) is 8.50. The van der Waals surface area contributed by atoms with Crippen LogP contribution in [-0.2, 0) is 9.53 Å². The van der Waals surface area contributed by atoms with Crippen LogP contribution in [0.25, 0.3) is 0 Å². The minimum absolute atomic E-state index is 0.285. The molecule has 1 aliphatic heterocycles. The van der Waals surface area contributed by atoms with Crippen molar-refractivity contribution in [2.24, 2.45) is 0 Å². The first-order chi connectivity index (χ1) is 5.66. The first kappa shape index (κ1) is 9.76. The van der Waals surface area contributed by atoms with Crippen molar-refractivity contribution in [2.75, 3.05) is 13.7 Å². The van der Waals surface area contributed by atoms with Crippen molar-refractivity contribution in [1.29, 1.82) is 0 Å². The van der Waals surface area contributed by atoms with Gasteiger partial charge in [0, 0.05) is 7.05 Å². The highest BCUT2D eigenvalue weighted by Crippen LogP contribution is 2.17. The molecule has 0 amide bonds. The summed E-state index contributed by atoms with van der Waals surface area (Å²) in [5, 5.41) is 0. The second kappa shape index (κ2) is 4.06. The molecular formula is C6H10N2O2S2. The Hall–Kier alpha value is -0.330. The fourth-order valence-electron chi connectivity index (χ4n) is 0.790. The number of ether oxygens (including phenoxy) is 1. The van der Waals surface area contributed by atoms with Gasteiger partial charge in [0.1, 0.15) is 0 Å². The Kier molecular flexibility index (Phi) is 3.30. The number of thiocarbonyl (C=S) groups is 1. The molecule has 1 unspecified atom stereocenters. The first-order valence-corrected chi connectivity index (χ1v) is 4.75. The Balaban J connectivity index is 2.53. The van der Waals surface area contributed by atoms with Gasteiger partial charge in [0.15, 0.2) is 10.5 Å². The van der Waals surface area contributed by atoms with Gasteiger partial charge in [-0.15, -0.1) is 0 Å². The normalized spacial score (nSPS) is 23.0. The van der Waals surface area contributed by atoms with Gasteiger partial charge in [-0.25, -0.2) is 9.52 Å². The molecule has 0 aromatic rings. The summed E-state index contributed by atoms with van der Waals surface area (Å²) in [6.45, 7) is 2.17. The van der Waals surface area contributed by atoms with E-state index in [-0.39, 0.29) is 5.97 Å². The number of nitrogens with zero attached hydrogens (tertiary/aromatic N) is 1. The Morgan fingerprint density at radius 2 is 2.58 bits per heavy atom. The van der Waals surface area contributed by atoms with Gasteiger partial charge in [-0.1, -0.05) is 12.2 Å². The van der Waals surface area contributed by atoms with Gasteiger partial charge in [0.25, 0.3) is 0 Å². The molecule has 1 fully saturated rings. The van der Waals surface area contributed by atoms with Crippen LogP contribution < -0.4 is 4.72 Å². The second-order valence-electron chi connectivity index (χ2n) is 2.25. The van der Waals surface area contributed by atoms with E-state index in [4.69, 9.17) is 17.0 Å². The average molecular weight is 206 g/mol. The zero-order valence-electron chi connectivity index (χ0n) is 6.86. The quantitative estimate of drug-likeness (QED) is 0.399. The van der Waals surface area contributed by atoms with Gasteiger partial charge in [-0.05, 0) is 18.9 Å². The molecule has 0 spiro atoms. The largest absolute Gasteiger partial charge is 0.463 e. The maximum absolute atomic E-state index is 11.2. The third-order valence-corrected chi connectivity index (χ3v) is 2.78. The zero-order chi connectivity index (χ0) is 9.14. The Bertz CT molecular complexity index is 210. The summed E-state index contributed by atoms with van der Waals surface area (Å²) in [5.74, 6) is -0.285. The van der Waals surface area contributed by atoms with Crippen molar-refractivity contribution in [1.82, 2.24) is 9.62 Å². The van der Waals surface area contributed by atoms with Gasteiger partial charge < -0.3 is 9.64 Å². The van der Waals surface area contributed by atoms with E-state index in [0.29, 0.717) is 10.9 Å². The van der Waals surface area contributed by atoms with Crippen molar-refractivity contribution < 1.29 is 9.53 Å². The lowest BCUT2D eigenvalue weighted by molar-refractivity contribution is -0.147. The monoisotopic (exact) mass is 206 g/mol. The van der Waals surface area contributed by atoms with Crippen LogP contribution in [0.5, 0.6) is 0 Å². The number of esters is 1. The van der Waals surface area contributed by atoms with E-state index in [2.05, 4.69) is 4.72 Å². The molecule has 1 rings (SSSR count). The van der Waals surface area contributed by atoms with Gasteiger partial charge in [-0.3, -0.25) is 0 Å². The Morgan fingerprint density at radius 3 is 3.00 bits per heavy atom. The molecule has 0 aliphatic carbocycles. The van der Waals surface area contributed by atoms with Crippen molar-refractivity contribution in [2.45, 2.75) is 13.1 Å². The molecule has 0 saturated carbocycles. The molecule has 0 aromatic heterocycles. The van der Waals surface area contributed by atoms with Crippen LogP contribution in [0.4, 0.5) is 0 Å². The SMILES string of the molecule is CCOC(=O)C1NSC(=S)N1C. The lowest BCUT2D eigenvalue weighted by Gasteiger charge is -2.17. The average Bonchev–Trinajstić information content (AvgIpc) is 2.34. The lowest BCUT2D eigenvalue weighted by Crippen LogP contribution is -2.41. The standard InChI is InChI=1S/C6H10N2O2S2/c1-3-10-5(9)4-7-12-6(11)8(4)2/h4,7H,3H2,1-2H3. The van der Waals surface area contributed by atoms with Crippen molar-refractivity contribution >= 4 is 34.5 Å². The number of carbonyl (C=O) groups is 1. The summed E-state index contributed by atoms with van der Waals surface area (Å²) in [6, 6.07) is 0. The van der Waals surface area contributed by atoms with Crippen molar-refractivity contribution in [3.8, 4) is 0 Å². The molecule has 0 aromatic carbocycles. The number of hydrogen-bond acceptors (Lipinski definition) is 5. The predicted molar refractivity (Wildman–Crippen MR) is 51.5 cm³/mol. The van der Waals surface area contributed by atoms with Crippen LogP contribution in [0, 0.1) is 0 Å². The number of carbonyl (C=O) groups excluding carboxylic acids is 1. The summed E-state index contributed by atoms with van der Waals surface area (Å²) >= 11 is 6.21. The topological polar surface area (TPSA) is 41.6 Å². The molecule has 4 nitrogen and oxygen atoms in total. The third kappa shape index (κ3) is 1.88. The summed E-state index contributed by atoms with van der Waals surface area (Å²) in [6.07, 6.45) is -0.428. The second-order valence-corrected chi connectivity index (χ2v) is 3.72. The molecule has 1 atom stereocenters. The number of rotatable bonds is 2. The minimum atomic E-state index is -0.428.